The molecule has 2 N–H and O–H groups in total. The molecule has 0 radical (unpaired) electrons. The molecule has 0 atom stereocenters. The molecular formula is C13H25N3O2S. The standard InChI is InChI=1S/C13H25N3O2S/c1-4-5-11-12(10-14)19-13(15-11)16(6-8-17-2)7-9-18-3/h4-10,14H2,1-3H3. The first-order valence-corrected chi connectivity index (χ1v) is 7.49. The molecule has 1 aromatic heterocycles. The maximum absolute atomic E-state index is 5.80. The Morgan fingerprint density at radius 2 is 1.84 bits per heavy atom. The molecule has 19 heavy (non-hydrogen) atoms. The van der Waals surface area contributed by atoms with Gasteiger partial charge in [-0.2, -0.15) is 0 Å². The van der Waals surface area contributed by atoms with Crippen LogP contribution in [0.15, 0.2) is 0 Å². The molecule has 0 saturated heterocycles. The number of methoxy groups -OCH3 is 2. The average Bonchev–Trinajstić information content (AvgIpc) is 2.82. The van der Waals surface area contributed by atoms with Crippen molar-refractivity contribution in [1.29, 1.82) is 0 Å². The fourth-order valence-corrected chi connectivity index (χ4v) is 2.84. The van der Waals surface area contributed by atoms with Crippen LogP contribution in [-0.4, -0.2) is 45.5 Å². The molecule has 0 aliphatic heterocycles. The lowest BCUT2D eigenvalue weighted by molar-refractivity contribution is 0.190. The van der Waals surface area contributed by atoms with Gasteiger partial charge < -0.3 is 20.1 Å². The minimum Gasteiger partial charge on any atom is -0.383 e. The van der Waals surface area contributed by atoms with Gasteiger partial charge >= 0.3 is 0 Å². The fourth-order valence-electron chi connectivity index (χ4n) is 1.80. The quantitative estimate of drug-likeness (QED) is 0.709. The number of hydrogen-bond acceptors (Lipinski definition) is 6. The first-order chi connectivity index (χ1) is 9.26. The lowest BCUT2D eigenvalue weighted by Crippen LogP contribution is -2.30. The largest absolute Gasteiger partial charge is 0.383 e. The second kappa shape index (κ2) is 9.25. The maximum Gasteiger partial charge on any atom is 0.185 e. The van der Waals surface area contributed by atoms with Gasteiger partial charge in [-0.3, -0.25) is 0 Å². The summed E-state index contributed by atoms with van der Waals surface area (Å²) in [6, 6.07) is 0. The second-order valence-electron chi connectivity index (χ2n) is 4.29. The molecule has 0 fully saturated rings. The molecule has 0 aliphatic carbocycles. The number of nitrogens with two attached hydrogens (primary N) is 1. The van der Waals surface area contributed by atoms with E-state index >= 15 is 0 Å². The summed E-state index contributed by atoms with van der Waals surface area (Å²) in [5.41, 5.74) is 6.94. The van der Waals surface area contributed by atoms with Crippen LogP contribution in [0, 0.1) is 0 Å². The topological polar surface area (TPSA) is 60.6 Å². The summed E-state index contributed by atoms with van der Waals surface area (Å²) in [7, 11) is 3.42. The minimum atomic E-state index is 0.565. The Morgan fingerprint density at radius 3 is 2.32 bits per heavy atom. The Morgan fingerprint density at radius 1 is 1.21 bits per heavy atom. The molecule has 6 heteroatoms. The highest BCUT2D eigenvalue weighted by Gasteiger charge is 2.15. The van der Waals surface area contributed by atoms with Crippen molar-refractivity contribution >= 4 is 16.5 Å². The molecular weight excluding hydrogens is 262 g/mol. The van der Waals surface area contributed by atoms with Crippen LogP contribution in [0.25, 0.3) is 0 Å². The lowest BCUT2D eigenvalue weighted by Gasteiger charge is -2.20. The third-order valence-electron chi connectivity index (χ3n) is 2.84. The van der Waals surface area contributed by atoms with E-state index in [1.54, 1.807) is 25.6 Å². The van der Waals surface area contributed by atoms with E-state index in [1.807, 2.05) is 0 Å². The van der Waals surface area contributed by atoms with Crippen LogP contribution in [0.2, 0.25) is 0 Å². The Hall–Kier alpha value is -0.690. The van der Waals surface area contributed by atoms with Gasteiger partial charge in [0.1, 0.15) is 0 Å². The monoisotopic (exact) mass is 287 g/mol. The van der Waals surface area contributed by atoms with Crippen LogP contribution in [0.4, 0.5) is 5.13 Å². The number of nitrogens with zero attached hydrogens (tertiary/aromatic N) is 2. The average molecular weight is 287 g/mol. The number of hydrogen-bond donors (Lipinski definition) is 1. The van der Waals surface area contributed by atoms with Gasteiger partial charge in [0, 0.05) is 38.7 Å². The zero-order chi connectivity index (χ0) is 14.1. The highest BCUT2D eigenvalue weighted by atomic mass is 32.1. The molecule has 0 spiro atoms. The van der Waals surface area contributed by atoms with Gasteiger partial charge in [-0.1, -0.05) is 13.3 Å². The molecule has 1 heterocycles. The predicted molar refractivity (Wildman–Crippen MR) is 80.0 cm³/mol. The van der Waals surface area contributed by atoms with Crippen LogP contribution < -0.4 is 10.6 Å². The second-order valence-corrected chi connectivity index (χ2v) is 5.36. The van der Waals surface area contributed by atoms with Gasteiger partial charge in [0.15, 0.2) is 5.13 Å². The van der Waals surface area contributed by atoms with Crippen molar-refractivity contribution in [3.8, 4) is 0 Å². The van der Waals surface area contributed by atoms with Crippen LogP contribution >= 0.6 is 11.3 Å². The molecule has 1 rings (SSSR count). The van der Waals surface area contributed by atoms with Crippen molar-refractivity contribution in [1.82, 2.24) is 4.98 Å². The van der Waals surface area contributed by atoms with E-state index in [4.69, 9.17) is 20.2 Å². The summed E-state index contributed by atoms with van der Waals surface area (Å²) in [5.74, 6) is 0. The molecule has 0 amide bonds. The number of rotatable bonds is 10. The maximum atomic E-state index is 5.80. The smallest absolute Gasteiger partial charge is 0.185 e. The molecule has 1 aromatic rings. The van der Waals surface area contributed by atoms with Crippen molar-refractivity contribution < 1.29 is 9.47 Å². The van der Waals surface area contributed by atoms with Gasteiger partial charge in [0.05, 0.1) is 18.9 Å². The van der Waals surface area contributed by atoms with Crippen molar-refractivity contribution in [3.05, 3.63) is 10.6 Å². The van der Waals surface area contributed by atoms with Crippen molar-refractivity contribution in [2.75, 3.05) is 45.4 Å². The van der Waals surface area contributed by atoms with Gasteiger partial charge in [-0.25, -0.2) is 4.98 Å². The lowest BCUT2D eigenvalue weighted by atomic mass is 10.2. The van der Waals surface area contributed by atoms with E-state index in [0.29, 0.717) is 19.8 Å². The Bertz CT molecular complexity index is 350. The van der Waals surface area contributed by atoms with E-state index < -0.39 is 0 Å². The zero-order valence-electron chi connectivity index (χ0n) is 12.1. The third-order valence-corrected chi connectivity index (χ3v) is 4.02. The Kier molecular flexibility index (Phi) is 7.97. The SMILES string of the molecule is CCCc1nc(N(CCOC)CCOC)sc1CN. The Labute approximate surface area is 119 Å². The van der Waals surface area contributed by atoms with Gasteiger partial charge in [0.2, 0.25) is 0 Å². The third kappa shape index (κ3) is 5.06. The number of aromatic nitrogens is 1. The number of thiazole rings is 1. The fraction of sp³-hybridized carbons (Fsp3) is 0.769. The number of ether oxygens (including phenoxy) is 2. The van der Waals surface area contributed by atoms with E-state index in [9.17, 15) is 0 Å². The highest BCUT2D eigenvalue weighted by Crippen LogP contribution is 2.26. The summed E-state index contributed by atoms with van der Waals surface area (Å²) in [4.78, 5) is 8.13. The van der Waals surface area contributed by atoms with Crippen molar-refractivity contribution in [2.45, 2.75) is 26.3 Å². The summed E-state index contributed by atoms with van der Waals surface area (Å²) in [5, 5.41) is 1.03. The molecule has 110 valence electrons. The predicted octanol–water partition coefficient (Wildman–Crippen LogP) is 1.65. The minimum absolute atomic E-state index is 0.565. The van der Waals surface area contributed by atoms with E-state index in [-0.39, 0.29) is 0 Å². The van der Waals surface area contributed by atoms with Crippen LogP contribution in [-0.2, 0) is 22.4 Å². The summed E-state index contributed by atoms with van der Waals surface area (Å²) < 4.78 is 10.3. The Balaban J connectivity index is 2.80. The van der Waals surface area contributed by atoms with Crippen LogP contribution in [0.3, 0.4) is 0 Å². The zero-order valence-corrected chi connectivity index (χ0v) is 13.0. The van der Waals surface area contributed by atoms with Crippen LogP contribution in [0.1, 0.15) is 23.9 Å². The summed E-state index contributed by atoms with van der Waals surface area (Å²) >= 11 is 1.69. The molecule has 0 aliphatic rings. The first kappa shape index (κ1) is 16.4. The van der Waals surface area contributed by atoms with E-state index in [2.05, 4.69) is 11.8 Å². The highest BCUT2D eigenvalue weighted by molar-refractivity contribution is 7.15. The number of aryl methyl sites for hydroxylation is 1. The van der Waals surface area contributed by atoms with Crippen molar-refractivity contribution in [2.24, 2.45) is 5.73 Å². The number of anilines is 1. The molecule has 0 unspecified atom stereocenters. The van der Waals surface area contributed by atoms with Gasteiger partial charge in [0.25, 0.3) is 0 Å². The molecule has 0 aromatic carbocycles. The molecule has 5 nitrogen and oxygen atoms in total. The molecule has 0 bridgehead atoms. The van der Waals surface area contributed by atoms with Crippen LogP contribution in [0.5, 0.6) is 0 Å². The van der Waals surface area contributed by atoms with E-state index in [1.165, 1.54) is 4.88 Å². The summed E-state index contributed by atoms with van der Waals surface area (Å²) in [6.07, 6.45) is 2.08. The first-order valence-electron chi connectivity index (χ1n) is 6.68. The summed E-state index contributed by atoms with van der Waals surface area (Å²) in [6.45, 7) is 5.74. The molecule has 0 saturated carbocycles. The van der Waals surface area contributed by atoms with Crippen molar-refractivity contribution in [3.63, 3.8) is 0 Å². The van der Waals surface area contributed by atoms with Gasteiger partial charge in [-0.15, -0.1) is 11.3 Å². The van der Waals surface area contributed by atoms with E-state index in [0.717, 1.165) is 36.8 Å². The normalized spacial score (nSPS) is 10.9. The van der Waals surface area contributed by atoms with Gasteiger partial charge in [-0.05, 0) is 6.42 Å².